The molecule has 0 atom stereocenters. The molecule has 1 N–H and O–H groups in total. The van der Waals surface area contributed by atoms with E-state index in [0.29, 0.717) is 17.1 Å². The number of methoxy groups -OCH3 is 2. The number of para-hydroxylation sites is 1. The first-order chi connectivity index (χ1) is 15.6. The molecule has 0 aliphatic carbocycles. The van der Waals surface area contributed by atoms with Crippen molar-refractivity contribution < 1.29 is 19.1 Å². The van der Waals surface area contributed by atoms with Crippen LogP contribution in [0.1, 0.15) is 46.4 Å². The van der Waals surface area contributed by atoms with Crippen LogP contribution in [0.5, 0.6) is 11.5 Å². The summed E-state index contributed by atoms with van der Waals surface area (Å²) in [6, 6.07) is 13.2. The highest BCUT2D eigenvalue weighted by Crippen LogP contribution is 2.29. The van der Waals surface area contributed by atoms with Gasteiger partial charge in [-0.2, -0.15) is 0 Å². The average Bonchev–Trinajstić information content (AvgIpc) is 3.38. The molecule has 0 saturated carbocycles. The van der Waals surface area contributed by atoms with Crippen LogP contribution < -0.4 is 19.7 Å². The summed E-state index contributed by atoms with van der Waals surface area (Å²) in [4.78, 5) is 30.0. The first-order valence-corrected chi connectivity index (χ1v) is 11.3. The zero-order chi connectivity index (χ0) is 22.5. The number of nitrogens with one attached hydrogen (secondary N) is 1. The lowest BCUT2D eigenvalue weighted by molar-refractivity contribution is 0.0793. The number of rotatable bonds is 6. The molecule has 2 aromatic rings. The number of anilines is 1. The summed E-state index contributed by atoms with van der Waals surface area (Å²) in [6.07, 6.45) is 3.81. The van der Waals surface area contributed by atoms with Crippen LogP contribution in [-0.4, -0.2) is 63.2 Å². The highest BCUT2D eigenvalue weighted by molar-refractivity contribution is 6.00. The van der Waals surface area contributed by atoms with E-state index in [1.54, 1.807) is 32.4 Å². The zero-order valence-electron chi connectivity index (χ0n) is 18.8. The number of piperidine rings is 1. The number of ether oxygens (including phenoxy) is 2. The number of carbonyl (C=O) groups excluding carboxylic acids is 2. The smallest absolute Gasteiger partial charge is 0.255 e. The van der Waals surface area contributed by atoms with E-state index in [9.17, 15) is 9.59 Å². The third-order valence-corrected chi connectivity index (χ3v) is 6.34. The molecular weight excluding hydrogens is 406 g/mol. The van der Waals surface area contributed by atoms with Crippen molar-refractivity contribution in [2.24, 2.45) is 0 Å². The number of hydrogen-bond donors (Lipinski definition) is 1. The van der Waals surface area contributed by atoms with Gasteiger partial charge >= 0.3 is 0 Å². The zero-order valence-corrected chi connectivity index (χ0v) is 18.8. The molecule has 2 saturated heterocycles. The Kier molecular flexibility index (Phi) is 6.83. The van der Waals surface area contributed by atoms with Crippen LogP contribution in [-0.2, 0) is 0 Å². The molecule has 2 aliphatic rings. The van der Waals surface area contributed by atoms with Crippen LogP contribution in [0.2, 0.25) is 0 Å². The summed E-state index contributed by atoms with van der Waals surface area (Å²) in [5.74, 6) is 1.14. The number of amides is 2. The van der Waals surface area contributed by atoms with Crippen molar-refractivity contribution in [3.63, 3.8) is 0 Å². The third kappa shape index (κ3) is 4.66. The van der Waals surface area contributed by atoms with Crippen molar-refractivity contribution in [3.05, 3.63) is 53.6 Å². The Balaban J connectivity index is 1.38. The van der Waals surface area contributed by atoms with Crippen molar-refractivity contribution in [2.75, 3.05) is 45.3 Å². The second-order valence-corrected chi connectivity index (χ2v) is 8.32. The van der Waals surface area contributed by atoms with E-state index in [1.165, 1.54) is 0 Å². The Hall–Kier alpha value is -3.22. The number of benzene rings is 2. The normalized spacial score (nSPS) is 16.7. The number of likely N-dealkylation sites (tertiary alicyclic amines) is 1. The van der Waals surface area contributed by atoms with Gasteiger partial charge in [0, 0.05) is 43.5 Å². The van der Waals surface area contributed by atoms with Crippen LogP contribution in [0.3, 0.4) is 0 Å². The largest absolute Gasteiger partial charge is 0.493 e. The van der Waals surface area contributed by atoms with E-state index in [0.717, 1.165) is 63.1 Å². The Labute approximate surface area is 189 Å². The molecule has 0 spiro atoms. The minimum atomic E-state index is -0.117. The lowest BCUT2D eigenvalue weighted by atomic mass is 10.0. The van der Waals surface area contributed by atoms with Gasteiger partial charge in [0.2, 0.25) is 0 Å². The van der Waals surface area contributed by atoms with E-state index < -0.39 is 0 Å². The Morgan fingerprint density at radius 1 is 0.906 bits per heavy atom. The fraction of sp³-hybridized carbons (Fsp3) is 0.440. The second-order valence-electron chi connectivity index (χ2n) is 8.32. The van der Waals surface area contributed by atoms with Crippen molar-refractivity contribution in [3.8, 4) is 11.5 Å². The Bertz CT molecular complexity index is 963. The number of carbonyl (C=O) groups is 2. The summed E-state index contributed by atoms with van der Waals surface area (Å²) in [5.41, 5.74) is 2.32. The predicted molar refractivity (Wildman–Crippen MR) is 124 cm³/mol. The minimum absolute atomic E-state index is 0.0910. The van der Waals surface area contributed by atoms with Gasteiger partial charge in [-0.15, -0.1) is 0 Å². The molecule has 2 fully saturated rings. The maximum Gasteiger partial charge on any atom is 0.255 e. The van der Waals surface area contributed by atoms with E-state index in [-0.39, 0.29) is 17.9 Å². The minimum Gasteiger partial charge on any atom is -0.493 e. The lowest BCUT2D eigenvalue weighted by Gasteiger charge is -2.35. The van der Waals surface area contributed by atoms with Crippen molar-refractivity contribution in [2.45, 2.75) is 31.7 Å². The van der Waals surface area contributed by atoms with Gasteiger partial charge in [0.1, 0.15) is 0 Å². The monoisotopic (exact) mass is 437 g/mol. The topological polar surface area (TPSA) is 71.1 Å². The van der Waals surface area contributed by atoms with Gasteiger partial charge < -0.3 is 24.6 Å². The van der Waals surface area contributed by atoms with Crippen molar-refractivity contribution in [1.82, 2.24) is 10.2 Å². The van der Waals surface area contributed by atoms with E-state index in [2.05, 4.69) is 10.2 Å². The first kappa shape index (κ1) is 22.0. The molecule has 2 heterocycles. The van der Waals surface area contributed by atoms with Gasteiger partial charge in [0.15, 0.2) is 11.5 Å². The van der Waals surface area contributed by atoms with Crippen LogP contribution in [0, 0.1) is 0 Å². The molecule has 2 aromatic carbocycles. The maximum atomic E-state index is 13.0. The summed E-state index contributed by atoms with van der Waals surface area (Å²) in [5, 5.41) is 3.14. The maximum absolute atomic E-state index is 13.0. The highest BCUT2D eigenvalue weighted by Gasteiger charge is 2.27. The standard InChI is InChI=1S/C25H31N3O4/c1-31-22-10-9-18(17-23(22)32-2)24(29)26-19-11-15-27(16-12-19)21-8-4-3-7-20(21)25(30)28-13-5-6-14-28/h3-4,7-10,17,19H,5-6,11-16H2,1-2H3,(H,26,29). The summed E-state index contributed by atoms with van der Waals surface area (Å²) in [6.45, 7) is 3.27. The molecule has 170 valence electrons. The molecule has 0 radical (unpaired) electrons. The molecule has 0 unspecified atom stereocenters. The van der Waals surface area contributed by atoms with Gasteiger partial charge in [-0.3, -0.25) is 9.59 Å². The Morgan fingerprint density at radius 2 is 1.59 bits per heavy atom. The molecule has 7 heteroatoms. The quantitative estimate of drug-likeness (QED) is 0.751. The fourth-order valence-corrected chi connectivity index (χ4v) is 4.53. The summed E-state index contributed by atoms with van der Waals surface area (Å²) in [7, 11) is 3.13. The summed E-state index contributed by atoms with van der Waals surface area (Å²) >= 11 is 0. The van der Waals surface area contributed by atoms with Crippen LogP contribution >= 0.6 is 0 Å². The molecule has 2 amide bonds. The van der Waals surface area contributed by atoms with Crippen LogP contribution in [0.25, 0.3) is 0 Å². The molecular formula is C25H31N3O4. The van der Waals surface area contributed by atoms with Gasteiger partial charge in [-0.05, 0) is 56.0 Å². The van der Waals surface area contributed by atoms with Crippen LogP contribution in [0.4, 0.5) is 5.69 Å². The van der Waals surface area contributed by atoms with E-state index in [4.69, 9.17) is 9.47 Å². The van der Waals surface area contributed by atoms with Gasteiger partial charge in [-0.25, -0.2) is 0 Å². The van der Waals surface area contributed by atoms with Crippen molar-refractivity contribution in [1.29, 1.82) is 0 Å². The lowest BCUT2D eigenvalue weighted by Crippen LogP contribution is -2.45. The number of nitrogens with zero attached hydrogens (tertiary/aromatic N) is 2. The van der Waals surface area contributed by atoms with Gasteiger partial charge in [-0.1, -0.05) is 12.1 Å². The number of hydrogen-bond acceptors (Lipinski definition) is 5. The van der Waals surface area contributed by atoms with Crippen molar-refractivity contribution >= 4 is 17.5 Å². The first-order valence-electron chi connectivity index (χ1n) is 11.3. The highest BCUT2D eigenvalue weighted by atomic mass is 16.5. The molecule has 7 nitrogen and oxygen atoms in total. The third-order valence-electron chi connectivity index (χ3n) is 6.34. The fourth-order valence-electron chi connectivity index (χ4n) is 4.53. The summed E-state index contributed by atoms with van der Waals surface area (Å²) < 4.78 is 10.5. The average molecular weight is 438 g/mol. The molecule has 4 rings (SSSR count). The van der Waals surface area contributed by atoms with E-state index >= 15 is 0 Å². The molecule has 0 aromatic heterocycles. The SMILES string of the molecule is COc1ccc(C(=O)NC2CCN(c3ccccc3C(=O)N3CCCC3)CC2)cc1OC. The Morgan fingerprint density at radius 3 is 2.28 bits per heavy atom. The van der Waals surface area contributed by atoms with Gasteiger partial charge in [0.05, 0.1) is 19.8 Å². The van der Waals surface area contributed by atoms with Gasteiger partial charge in [0.25, 0.3) is 11.8 Å². The van der Waals surface area contributed by atoms with E-state index in [1.807, 2.05) is 29.2 Å². The second kappa shape index (κ2) is 9.94. The predicted octanol–water partition coefficient (Wildman–Crippen LogP) is 3.34. The molecule has 0 bridgehead atoms. The molecule has 32 heavy (non-hydrogen) atoms. The molecule has 2 aliphatic heterocycles. The van der Waals surface area contributed by atoms with Crippen LogP contribution in [0.15, 0.2) is 42.5 Å².